The Bertz CT molecular complexity index is 766. The Hall–Kier alpha value is -1.61. The summed E-state index contributed by atoms with van der Waals surface area (Å²) in [6, 6.07) is 8.74. The fourth-order valence-electron chi connectivity index (χ4n) is 4.73. The summed E-state index contributed by atoms with van der Waals surface area (Å²) in [5, 5.41) is 2.45. The minimum atomic E-state index is 0.364. The summed E-state index contributed by atoms with van der Waals surface area (Å²) in [5.41, 5.74) is 1.60. The van der Waals surface area contributed by atoms with Gasteiger partial charge in [0.05, 0.1) is 11.8 Å². The van der Waals surface area contributed by atoms with Crippen molar-refractivity contribution in [3.63, 3.8) is 0 Å². The molecule has 146 valence electrons. The quantitative estimate of drug-likeness (QED) is 0.682. The summed E-state index contributed by atoms with van der Waals surface area (Å²) in [5.74, 6) is 1.82. The molecule has 1 saturated heterocycles. The Balaban J connectivity index is 1.38. The largest absolute Gasteiger partial charge is 0.490 e. The van der Waals surface area contributed by atoms with Crippen LogP contribution >= 0.6 is 0 Å². The first-order valence-electron chi connectivity index (χ1n) is 10.7. The molecule has 3 nitrogen and oxygen atoms in total. The Labute approximate surface area is 164 Å². The second kappa shape index (κ2) is 7.79. The van der Waals surface area contributed by atoms with E-state index in [0.717, 1.165) is 18.2 Å². The molecule has 2 aromatic rings. The van der Waals surface area contributed by atoms with E-state index in [-0.39, 0.29) is 0 Å². The Morgan fingerprint density at radius 1 is 1.00 bits per heavy atom. The van der Waals surface area contributed by atoms with Crippen LogP contribution in [0.4, 0.5) is 0 Å². The third kappa shape index (κ3) is 4.63. The van der Waals surface area contributed by atoms with Crippen LogP contribution < -0.4 is 4.74 Å². The standard InChI is InChI=1S/C24H34N2O/c1-24(2,3)20-7-10-22(11-8-20)27-23-9-6-18-14-21(25-16-19(18)15-23)17-26-12-4-5-13-26/h6,9,14-16,20,22H,4-5,7-8,10-13,17H2,1-3H3. The maximum absolute atomic E-state index is 6.33. The highest BCUT2D eigenvalue weighted by atomic mass is 16.5. The van der Waals surface area contributed by atoms with Crippen LogP contribution in [-0.4, -0.2) is 29.1 Å². The summed E-state index contributed by atoms with van der Waals surface area (Å²) in [6.07, 6.45) is 9.94. The fourth-order valence-corrected chi connectivity index (χ4v) is 4.73. The molecule has 2 fully saturated rings. The zero-order chi connectivity index (χ0) is 18.9. The molecule has 2 aliphatic rings. The molecule has 0 N–H and O–H groups in total. The number of hydrogen-bond donors (Lipinski definition) is 0. The van der Waals surface area contributed by atoms with E-state index in [9.17, 15) is 0 Å². The number of nitrogens with zero attached hydrogens (tertiary/aromatic N) is 2. The van der Waals surface area contributed by atoms with Crippen LogP contribution in [0.25, 0.3) is 10.8 Å². The van der Waals surface area contributed by atoms with E-state index in [2.05, 4.69) is 49.9 Å². The van der Waals surface area contributed by atoms with E-state index >= 15 is 0 Å². The van der Waals surface area contributed by atoms with Crippen molar-refractivity contribution in [2.24, 2.45) is 11.3 Å². The van der Waals surface area contributed by atoms with E-state index in [0.29, 0.717) is 11.5 Å². The van der Waals surface area contributed by atoms with Crippen molar-refractivity contribution in [1.82, 2.24) is 9.88 Å². The lowest BCUT2D eigenvalue weighted by atomic mass is 9.72. The second-order valence-corrected chi connectivity index (χ2v) is 9.63. The minimum Gasteiger partial charge on any atom is -0.490 e. The van der Waals surface area contributed by atoms with Crippen molar-refractivity contribution >= 4 is 10.8 Å². The predicted octanol–water partition coefficient (Wildman–Crippen LogP) is 5.81. The number of likely N-dealkylation sites (tertiary alicyclic amines) is 1. The van der Waals surface area contributed by atoms with Crippen molar-refractivity contribution in [3.05, 3.63) is 36.2 Å². The minimum absolute atomic E-state index is 0.364. The molecule has 3 heteroatoms. The molecule has 1 aromatic carbocycles. The van der Waals surface area contributed by atoms with Gasteiger partial charge in [0.1, 0.15) is 5.75 Å². The summed E-state index contributed by atoms with van der Waals surface area (Å²) >= 11 is 0. The van der Waals surface area contributed by atoms with Crippen LogP contribution in [0.3, 0.4) is 0 Å². The van der Waals surface area contributed by atoms with Gasteiger partial charge in [-0.1, -0.05) is 26.8 Å². The number of benzene rings is 1. The Morgan fingerprint density at radius 3 is 2.44 bits per heavy atom. The van der Waals surface area contributed by atoms with Crippen molar-refractivity contribution in [2.45, 2.75) is 71.9 Å². The zero-order valence-corrected chi connectivity index (χ0v) is 17.2. The highest BCUT2D eigenvalue weighted by Crippen LogP contribution is 2.39. The lowest BCUT2D eigenvalue weighted by molar-refractivity contribution is 0.0883. The first-order chi connectivity index (χ1) is 13.0. The molecule has 4 rings (SSSR count). The van der Waals surface area contributed by atoms with Crippen LogP contribution in [0.15, 0.2) is 30.5 Å². The van der Waals surface area contributed by atoms with Gasteiger partial charge in [-0.05, 0) is 86.5 Å². The molecule has 0 bridgehead atoms. The average molecular weight is 367 g/mol. The van der Waals surface area contributed by atoms with Crippen molar-refractivity contribution in [1.29, 1.82) is 0 Å². The van der Waals surface area contributed by atoms with Crippen molar-refractivity contribution in [2.75, 3.05) is 13.1 Å². The van der Waals surface area contributed by atoms with Gasteiger partial charge >= 0.3 is 0 Å². The third-order valence-corrected chi connectivity index (χ3v) is 6.54. The predicted molar refractivity (Wildman–Crippen MR) is 112 cm³/mol. The molecular formula is C24H34N2O. The number of fused-ring (bicyclic) bond motifs is 1. The van der Waals surface area contributed by atoms with Gasteiger partial charge in [0.25, 0.3) is 0 Å². The van der Waals surface area contributed by atoms with Crippen LogP contribution in [0.5, 0.6) is 5.75 Å². The summed E-state index contributed by atoms with van der Waals surface area (Å²) in [7, 11) is 0. The zero-order valence-electron chi connectivity index (χ0n) is 17.2. The maximum Gasteiger partial charge on any atom is 0.120 e. The third-order valence-electron chi connectivity index (χ3n) is 6.54. The highest BCUT2D eigenvalue weighted by molar-refractivity contribution is 5.83. The maximum atomic E-state index is 6.33. The van der Waals surface area contributed by atoms with Crippen LogP contribution in [0.1, 0.15) is 65.0 Å². The van der Waals surface area contributed by atoms with Gasteiger partial charge in [-0.25, -0.2) is 0 Å². The summed E-state index contributed by atoms with van der Waals surface area (Å²) in [6.45, 7) is 10.5. The number of rotatable bonds is 4. The molecule has 0 amide bonds. The number of aromatic nitrogens is 1. The Kier molecular flexibility index (Phi) is 5.41. The SMILES string of the molecule is CC(C)(C)C1CCC(Oc2ccc3cc(CN4CCCC4)ncc3c2)CC1. The molecule has 2 heterocycles. The van der Waals surface area contributed by atoms with Crippen LogP contribution in [0.2, 0.25) is 0 Å². The van der Waals surface area contributed by atoms with Crippen molar-refractivity contribution < 1.29 is 4.74 Å². The number of pyridine rings is 1. The van der Waals surface area contributed by atoms with Gasteiger partial charge < -0.3 is 4.74 Å². The molecule has 27 heavy (non-hydrogen) atoms. The molecule has 1 aliphatic carbocycles. The lowest BCUT2D eigenvalue weighted by Crippen LogP contribution is -2.30. The topological polar surface area (TPSA) is 25.4 Å². The number of hydrogen-bond acceptors (Lipinski definition) is 3. The summed E-state index contributed by atoms with van der Waals surface area (Å²) < 4.78 is 6.33. The van der Waals surface area contributed by atoms with Gasteiger partial charge in [-0.2, -0.15) is 0 Å². The molecule has 1 saturated carbocycles. The van der Waals surface area contributed by atoms with Gasteiger partial charge in [0.15, 0.2) is 0 Å². The number of ether oxygens (including phenoxy) is 1. The van der Waals surface area contributed by atoms with Gasteiger partial charge in [-0.15, -0.1) is 0 Å². The smallest absolute Gasteiger partial charge is 0.120 e. The van der Waals surface area contributed by atoms with E-state index in [4.69, 9.17) is 9.72 Å². The van der Waals surface area contributed by atoms with Gasteiger partial charge in [0.2, 0.25) is 0 Å². The van der Waals surface area contributed by atoms with E-state index in [1.54, 1.807) is 0 Å². The highest BCUT2D eigenvalue weighted by Gasteiger charge is 2.30. The fraction of sp³-hybridized carbons (Fsp3) is 0.625. The molecule has 0 spiro atoms. The summed E-state index contributed by atoms with van der Waals surface area (Å²) in [4.78, 5) is 7.20. The van der Waals surface area contributed by atoms with E-state index in [1.807, 2.05) is 6.20 Å². The molecule has 1 aliphatic heterocycles. The first kappa shape index (κ1) is 18.7. The van der Waals surface area contributed by atoms with Gasteiger partial charge in [0, 0.05) is 18.1 Å². The second-order valence-electron chi connectivity index (χ2n) is 9.63. The van der Waals surface area contributed by atoms with Crippen LogP contribution in [-0.2, 0) is 6.54 Å². The van der Waals surface area contributed by atoms with Gasteiger partial charge in [-0.3, -0.25) is 9.88 Å². The van der Waals surface area contributed by atoms with E-state index < -0.39 is 0 Å². The molecule has 1 aromatic heterocycles. The van der Waals surface area contributed by atoms with Crippen LogP contribution in [0, 0.1) is 11.3 Å². The molecule has 0 radical (unpaired) electrons. The lowest BCUT2D eigenvalue weighted by Gasteiger charge is -2.36. The first-order valence-corrected chi connectivity index (χ1v) is 10.7. The van der Waals surface area contributed by atoms with Crippen molar-refractivity contribution in [3.8, 4) is 5.75 Å². The monoisotopic (exact) mass is 366 g/mol. The molecule has 0 atom stereocenters. The van der Waals surface area contributed by atoms with E-state index in [1.165, 1.54) is 68.1 Å². The normalized spacial score (nSPS) is 24.4. The Morgan fingerprint density at radius 2 is 1.74 bits per heavy atom. The molecular weight excluding hydrogens is 332 g/mol. The molecule has 0 unspecified atom stereocenters. The average Bonchev–Trinajstić information content (AvgIpc) is 3.14.